The number of hydrogen-bond acceptors (Lipinski definition) is 3. The van der Waals surface area contributed by atoms with Gasteiger partial charge in [-0.25, -0.2) is 4.79 Å². The second-order valence-corrected chi connectivity index (χ2v) is 4.01. The summed E-state index contributed by atoms with van der Waals surface area (Å²) in [7, 11) is 0. The number of ether oxygens (including phenoxy) is 1. The van der Waals surface area contributed by atoms with Crippen LogP contribution in [0.25, 0.3) is 0 Å². The Morgan fingerprint density at radius 1 is 1.44 bits per heavy atom. The van der Waals surface area contributed by atoms with Crippen LogP contribution in [0.2, 0.25) is 0 Å². The van der Waals surface area contributed by atoms with Gasteiger partial charge in [0.15, 0.2) is 0 Å². The first-order valence-corrected chi connectivity index (χ1v) is 5.49. The lowest BCUT2D eigenvalue weighted by Gasteiger charge is -2.11. The zero-order valence-corrected chi connectivity index (χ0v) is 9.32. The zero-order chi connectivity index (χ0) is 11.4. The first-order valence-electron chi connectivity index (χ1n) is 5.49. The predicted octanol–water partition coefficient (Wildman–Crippen LogP) is 1.91. The third kappa shape index (κ3) is 2.97. The second kappa shape index (κ2) is 4.99. The monoisotopic (exact) mass is 220 g/mol. The highest BCUT2D eigenvalue weighted by atomic mass is 16.6. The van der Waals surface area contributed by atoms with E-state index < -0.39 is 0 Å². The van der Waals surface area contributed by atoms with E-state index >= 15 is 0 Å². The highest BCUT2D eigenvalue weighted by Crippen LogP contribution is 2.10. The van der Waals surface area contributed by atoms with Crippen molar-refractivity contribution < 1.29 is 9.53 Å². The van der Waals surface area contributed by atoms with Gasteiger partial charge in [0.1, 0.15) is 6.10 Å². The van der Waals surface area contributed by atoms with Gasteiger partial charge in [0.2, 0.25) is 0 Å². The first kappa shape index (κ1) is 11.0. The summed E-state index contributed by atoms with van der Waals surface area (Å²) < 4.78 is 5.23. The third-order valence-electron chi connectivity index (χ3n) is 2.59. The molecule has 0 spiro atoms. The average molecular weight is 220 g/mol. The van der Waals surface area contributed by atoms with Crippen LogP contribution in [0.4, 0.5) is 10.5 Å². The highest BCUT2D eigenvalue weighted by molar-refractivity contribution is 5.84. The SMILES string of the molecule is Cc1ccc(NC(=O)OC2CCNC2)cc1. The summed E-state index contributed by atoms with van der Waals surface area (Å²) in [5.41, 5.74) is 1.93. The van der Waals surface area contributed by atoms with Gasteiger partial charge >= 0.3 is 6.09 Å². The summed E-state index contributed by atoms with van der Waals surface area (Å²) >= 11 is 0. The quantitative estimate of drug-likeness (QED) is 0.800. The minimum absolute atomic E-state index is 0.00504. The van der Waals surface area contributed by atoms with E-state index in [9.17, 15) is 4.79 Å². The van der Waals surface area contributed by atoms with Gasteiger partial charge in [0, 0.05) is 12.2 Å². The van der Waals surface area contributed by atoms with Gasteiger partial charge in [0.25, 0.3) is 0 Å². The maximum atomic E-state index is 11.5. The largest absolute Gasteiger partial charge is 0.445 e. The number of hydrogen-bond donors (Lipinski definition) is 2. The zero-order valence-electron chi connectivity index (χ0n) is 9.32. The molecule has 1 aromatic carbocycles. The van der Waals surface area contributed by atoms with Crippen LogP contribution in [0, 0.1) is 6.92 Å². The number of carbonyl (C=O) groups excluding carboxylic acids is 1. The molecule has 0 radical (unpaired) electrons. The van der Waals surface area contributed by atoms with Crippen molar-refractivity contribution in [3.8, 4) is 0 Å². The fourth-order valence-electron chi connectivity index (χ4n) is 1.66. The van der Waals surface area contributed by atoms with Crippen LogP contribution in [0.15, 0.2) is 24.3 Å². The first-order chi connectivity index (χ1) is 7.74. The smallest absolute Gasteiger partial charge is 0.411 e. The maximum absolute atomic E-state index is 11.5. The van der Waals surface area contributed by atoms with Crippen molar-refractivity contribution in [2.75, 3.05) is 18.4 Å². The average Bonchev–Trinajstić information content (AvgIpc) is 2.74. The second-order valence-electron chi connectivity index (χ2n) is 4.01. The van der Waals surface area contributed by atoms with Gasteiger partial charge in [-0.2, -0.15) is 0 Å². The Balaban J connectivity index is 1.84. The highest BCUT2D eigenvalue weighted by Gasteiger charge is 2.18. The predicted molar refractivity (Wildman–Crippen MR) is 62.6 cm³/mol. The standard InChI is InChI=1S/C12H16N2O2/c1-9-2-4-10(5-3-9)14-12(15)16-11-6-7-13-8-11/h2-5,11,13H,6-8H2,1H3,(H,14,15). The molecule has 1 atom stereocenters. The summed E-state index contributed by atoms with van der Waals surface area (Å²) in [4.78, 5) is 11.5. The Morgan fingerprint density at radius 3 is 2.81 bits per heavy atom. The molecular formula is C12H16N2O2. The molecule has 0 aliphatic carbocycles. The molecule has 0 bridgehead atoms. The number of aryl methyl sites for hydroxylation is 1. The van der Waals surface area contributed by atoms with Gasteiger partial charge in [-0.3, -0.25) is 5.32 Å². The molecule has 16 heavy (non-hydrogen) atoms. The summed E-state index contributed by atoms with van der Waals surface area (Å²) in [6.07, 6.45) is 0.518. The molecule has 1 unspecified atom stereocenters. The van der Waals surface area contributed by atoms with Crippen LogP contribution >= 0.6 is 0 Å². The molecule has 1 heterocycles. The Hall–Kier alpha value is -1.55. The van der Waals surface area contributed by atoms with E-state index in [-0.39, 0.29) is 12.2 Å². The molecule has 2 N–H and O–H groups in total. The summed E-state index contributed by atoms with van der Waals surface area (Å²) in [5.74, 6) is 0. The van der Waals surface area contributed by atoms with Crippen molar-refractivity contribution in [1.82, 2.24) is 5.32 Å². The van der Waals surface area contributed by atoms with E-state index in [2.05, 4.69) is 10.6 Å². The van der Waals surface area contributed by atoms with E-state index in [4.69, 9.17) is 4.74 Å². The Bertz CT molecular complexity index is 356. The molecule has 4 nitrogen and oxygen atoms in total. The Morgan fingerprint density at radius 2 is 2.19 bits per heavy atom. The van der Waals surface area contributed by atoms with Gasteiger partial charge in [-0.1, -0.05) is 17.7 Å². The molecule has 4 heteroatoms. The fourth-order valence-corrected chi connectivity index (χ4v) is 1.66. The molecule has 1 aliphatic rings. The Kier molecular flexibility index (Phi) is 3.41. The molecule has 86 valence electrons. The van der Waals surface area contributed by atoms with Crippen LogP contribution in [0.3, 0.4) is 0 Å². The summed E-state index contributed by atoms with van der Waals surface area (Å²) in [6, 6.07) is 7.63. The van der Waals surface area contributed by atoms with E-state index in [1.807, 2.05) is 31.2 Å². The van der Waals surface area contributed by atoms with Crippen molar-refractivity contribution in [2.45, 2.75) is 19.4 Å². The Labute approximate surface area is 95.0 Å². The minimum atomic E-state index is -0.377. The number of amides is 1. The molecule has 1 saturated heterocycles. The van der Waals surface area contributed by atoms with Gasteiger partial charge < -0.3 is 10.1 Å². The molecule has 0 saturated carbocycles. The fraction of sp³-hybridized carbons (Fsp3) is 0.417. The molecule has 1 aliphatic heterocycles. The van der Waals surface area contributed by atoms with Gasteiger partial charge in [0.05, 0.1) is 0 Å². The lowest BCUT2D eigenvalue weighted by atomic mass is 10.2. The summed E-state index contributed by atoms with van der Waals surface area (Å²) in [5, 5.41) is 5.85. The number of rotatable bonds is 2. The van der Waals surface area contributed by atoms with Crippen molar-refractivity contribution in [2.24, 2.45) is 0 Å². The van der Waals surface area contributed by atoms with Crippen molar-refractivity contribution in [3.63, 3.8) is 0 Å². The van der Waals surface area contributed by atoms with Crippen LogP contribution in [-0.4, -0.2) is 25.3 Å². The number of anilines is 1. The lowest BCUT2D eigenvalue weighted by Crippen LogP contribution is -2.24. The normalized spacial score (nSPS) is 19.4. The van der Waals surface area contributed by atoms with Crippen molar-refractivity contribution in [1.29, 1.82) is 0 Å². The van der Waals surface area contributed by atoms with Gasteiger partial charge in [-0.15, -0.1) is 0 Å². The van der Waals surface area contributed by atoms with E-state index in [1.165, 1.54) is 5.56 Å². The molecule has 0 aromatic heterocycles. The minimum Gasteiger partial charge on any atom is -0.445 e. The number of nitrogens with one attached hydrogen (secondary N) is 2. The molecule has 1 fully saturated rings. The number of carbonyl (C=O) groups is 1. The number of benzene rings is 1. The van der Waals surface area contributed by atoms with E-state index in [1.54, 1.807) is 0 Å². The maximum Gasteiger partial charge on any atom is 0.411 e. The molecule has 1 amide bonds. The van der Waals surface area contributed by atoms with E-state index in [0.29, 0.717) is 0 Å². The topological polar surface area (TPSA) is 50.4 Å². The summed E-state index contributed by atoms with van der Waals surface area (Å²) in [6.45, 7) is 3.68. The molecule has 2 rings (SSSR count). The van der Waals surface area contributed by atoms with Crippen LogP contribution in [-0.2, 0) is 4.74 Å². The van der Waals surface area contributed by atoms with Crippen molar-refractivity contribution >= 4 is 11.8 Å². The van der Waals surface area contributed by atoms with Crippen LogP contribution in [0.1, 0.15) is 12.0 Å². The van der Waals surface area contributed by atoms with Crippen molar-refractivity contribution in [3.05, 3.63) is 29.8 Å². The van der Waals surface area contributed by atoms with E-state index in [0.717, 1.165) is 25.2 Å². The molecular weight excluding hydrogens is 204 g/mol. The molecule has 1 aromatic rings. The third-order valence-corrected chi connectivity index (χ3v) is 2.59. The van der Waals surface area contributed by atoms with Gasteiger partial charge in [-0.05, 0) is 32.0 Å². The van der Waals surface area contributed by atoms with Crippen LogP contribution in [0.5, 0.6) is 0 Å². The lowest BCUT2D eigenvalue weighted by molar-refractivity contribution is 0.121. The van der Waals surface area contributed by atoms with Crippen LogP contribution < -0.4 is 10.6 Å².